The van der Waals surface area contributed by atoms with Crippen molar-refractivity contribution < 1.29 is 10.2 Å². The van der Waals surface area contributed by atoms with Gasteiger partial charge in [-0.25, -0.2) is 0 Å². The first-order valence-corrected chi connectivity index (χ1v) is 9.40. The van der Waals surface area contributed by atoms with Gasteiger partial charge in [0.1, 0.15) is 0 Å². The molecule has 0 spiro atoms. The highest BCUT2D eigenvalue weighted by Crippen LogP contribution is 2.48. The van der Waals surface area contributed by atoms with E-state index in [4.69, 9.17) is 0 Å². The Hall–Kier alpha value is -0.640. The van der Waals surface area contributed by atoms with Crippen LogP contribution in [0.2, 0.25) is 0 Å². The number of fused-ring (bicyclic) bond motifs is 1. The molecular formula is C20H35NO2. The molecule has 2 N–H and O–H groups in total. The molecule has 5 atom stereocenters. The van der Waals surface area contributed by atoms with Crippen LogP contribution < -0.4 is 0 Å². The Labute approximate surface area is 142 Å². The molecule has 0 aliphatic heterocycles. The van der Waals surface area contributed by atoms with E-state index in [1.54, 1.807) is 5.57 Å². The molecule has 23 heavy (non-hydrogen) atoms. The molecule has 3 nitrogen and oxygen atoms in total. The molecule has 0 bridgehead atoms. The van der Waals surface area contributed by atoms with Crippen molar-refractivity contribution in [2.24, 2.45) is 17.8 Å². The van der Waals surface area contributed by atoms with Gasteiger partial charge in [0, 0.05) is 5.92 Å². The fraction of sp³-hybridized carbons (Fsp3) is 0.800. The molecule has 1 fully saturated rings. The van der Waals surface area contributed by atoms with Crippen LogP contribution in [-0.4, -0.2) is 48.0 Å². The molecule has 0 unspecified atom stereocenters. The molecule has 0 aromatic carbocycles. The minimum absolute atomic E-state index is 0.226. The molecule has 0 radical (unpaired) electrons. The first-order valence-electron chi connectivity index (χ1n) is 9.40. The molecule has 0 amide bonds. The summed E-state index contributed by atoms with van der Waals surface area (Å²) in [5, 5.41) is 20.0. The number of nitrogens with zero attached hydrogens (tertiary/aromatic N) is 1. The summed E-state index contributed by atoms with van der Waals surface area (Å²) < 4.78 is 0. The lowest BCUT2D eigenvalue weighted by Crippen LogP contribution is -2.17. The number of unbranched alkanes of at least 4 members (excludes halogenated alkanes) is 2. The van der Waals surface area contributed by atoms with Crippen LogP contribution in [0.1, 0.15) is 51.9 Å². The number of rotatable bonds is 9. The zero-order valence-corrected chi connectivity index (χ0v) is 15.1. The van der Waals surface area contributed by atoms with Gasteiger partial charge in [-0.3, -0.25) is 0 Å². The second-order valence-corrected chi connectivity index (χ2v) is 7.71. The van der Waals surface area contributed by atoms with Crippen molar-refractivity contribution in [2.45, 2.75) is 64.1 Å². The minimum atomic E-state index is -0.369. The molecule has 3 heteroatoms. The fourth-order valence-electron chi connectivity index (χ4n) is 4.14. The molecule has 0 aromatic heterocycles. The third-order valence-corrected chi connectivity index (χ3v) is 5.53. The van der Waals surface area contributed by atoms with Gasteiger partial charge in [0.05, 0.1) is 12.2 Å². The van der Waals surface area contributed by atoms with Gasteiger partial charge in [-0.05, 0) is 71.0 Å². The van der Waals surface area contributed by atoms with Crippen LogP contribution in [0.4, 0.5) is 0 Å². The molecule has 2 rings (SSSR count). The van der Waals surface area contributed by atoms with E-state index in [-0.39, 0.29) is 18.1 Å². The Morgan fingerprint density at radius 1 is 1.30 bits per heavy atom. The van der Waals surface area contributed by atoms with E-state index in [0.717, 1.165) is 19.3 Å². The van der Waals surface area contributed by atoms with Gasteiger partial charge in [0.25, 0.3) is 0 Å². The fourth-order valence-corrected chi connectivity index (χ4v) is 4.14. The first-order chi connectivity index (χ1) is 11.0. The van der Waals surface area contributed by atoms with Crippen molar-refractivity contribution in [3.05, 3.63) is 23.8 Å². The van der Waals surface area contributed by atoms with E-state index in [0.29, 0.717) is 11.8 Å². The Bertz CT molecular complexity index is 416. The zero-order valence-electron chi connectivity index (χ0n) is 15.1. The summed E-state index contributed by atoms with van der Waals surface area (Å²) in [6.45, 7) is 3.16. The molecule has 2 aliphatic rings. The van der Waals surface area contributed by atoms with E-state index >= 15 is 0 Å². The van der Waals surface area contributed by atoms with Gasteiger partial charge in [0.2, 0.25) is 0 Å². The third kappa shape index (κ3) is 5.44. The highest BCUT2D eigenvalue weighted by molar-refractivity contribution is 5.20. The second-order valence-electron chi connectivity index (χ2n) is 7.71. The summed E-state index contributed by atoms with van der Waals surface area (Å²) in [6, 6.07) is 0. The Morgan fingerprint density at radius 2 is 2.09 bits per heavy atom. The smallest absolute Gasteiger partial charge is 0.0718 e. The molecule has 0 aromatic rings. The topological polar surface area (TPSA) is 43.7 Å². The summed E-state index contributed by atoms with van der Waals surface area (Å²) in [5.74, 6) is 1.33. The highest BCUT2D eigenvalue weighted by atomic mass is 16.3. The zero-order chi connectivity index (χ0) is 16.8. The molecule has 1 saturated carbocycles. The third-order valence-electron chi connectivity index (χ3n) is 5.53. The lowest BCUT2D eigenvalue weighted by Gasteiger charge is -2.18. The summed E-state index contributed by atoms with van der Waals surface area (Å²) in [4.78, 5) is 2.25. The molecular weight excluding hydrogens is 286 g/mol. The molecule has 132 valence electrons. The maximum absolute atomic E-state index is 10.3. The molecule has 2 aliphatic carbocycles. The summed E-state index contributed by atoms with van der Waals surface area (Å²) in [5.41, 5.74) is 1.60. The van der Waals surface area contributed by atoms with Crippen molar-refractivity contribution in [3.63, 3.8) is 0 Å². The predicted octanol–water partition coefficient (Wildman–Crippen LogP) is 3.38. The van der Waals surface area contributed by atoms with Crippen LogP contribution in [-0.2, 0) is 0 Å². The molecule has 0 saturated heterocycles. The summed E-state index contributed by atoms with van der Waals surface area (Å²) >= 11 is 0. The van der Waals surface area contributed by atoms with E-state index in [9.17, 15) is 10.2 Å². The first kappa shape index (κ1) is 18.7. The lowest BCUT2D eigenvalue weighted by molar-refractivity contribution is 0.140. The highest BCUT2D eigenvalue weighted by Gasteiger charge is 2.43. The van der Waals surface area contributed by atoms with Gasteiger partial charge in [-0.1, -0.05) is 37.1 Å². The van der Waals surface area contributed by atoms with Gasteiger partial charge < -0.3 is 15.1 Å². The Balaban J connectivity index is 1.77. The Morgan fingerprint density at radius 3 is 2.78 bits per heavy atom. The van der Waals surface area contributed by atoms with Gasteiger partial charge in [0.15, 0.2) is 0 Å². The monoisotopic (exact) mass is 321 g/mol. The van der Waals surface area contributed by atoms with Gasteiger partial charge in [-0.2, -0.15) is 0 Å². The van der Waals surface area contributed by atoms with Crippen molar-refractivity contribution in [2.75, 3.05) is 20.6 Å². The van der Waals surface area contributed by atoms with Crippen molar-refractivity contribution >= 4 is 0 Å². The van der Waals surface area contributed by atoms with Crippen LogP contribution in [0, 0.1) is 17.8 Å². The van der Waals surface area contributed by atoms with Crippen LogP contribution >= 0.6 is 0 Å². The Kier molecular flexibility index (Phi) is 7.32. The number of aliphatic hydroxyl groups excluding tert-OH is 2. The van der Waals surface area contributed by atoms with Crippen molar-refractivity contribution in [1.82, 2.24) is 4.90 Å². The van der Waals surface area contributed by atoms with Crippen LogP contribution in [0.5, 0.6) is 0 Å². The van der Waals surface area contributed by atoms with E-state index in [1.807, 2.05) is 13.0 Å². The number of allylic oxidation sites excluding steroid dienone is 2. The van der Waals surface area contributed by atoms with Crippen LogP contribution in [0.25, 0.3) is 0 Å². The number of hydrogen-bond acceptors (Lipinski definition) is 3. The predicted molar refractivity (Wildman–Crippen MR) is 96.3 cm³/mol. The second kappa shape index (κ2) is 9.00. The average Bonchev–Trinajstić information content (AvgIpc) is 3.01. The van der Waals surface area contributed by atoms with E-state index < -0.39 is 0 Å². The molecule has 0 heterocycles. The summed E-state index contributed by atoms with van der Waals surface area (Å²) in [6.07, 6.45) is 13.7. The quantitative estimate of drug-likeness (QED) is 0.505. The lowest BCUT2D eigenvalue weighted by atomic mass is 9.88. The number of hydrogen-bond donors (Lipinski definition) is 2. The number of aliphatic hydroxyl groups is 2. The standard InChI is InChI=1S/C20H35NO2/c1-4-17(22)9-10-18-19-13-15(12-16(19)14-20(18)23)8-6-5-7-11-21(2)3/h9-10,12,16-20,22-23H,4-8,11,13-14H2,1-3H3/t16-,17+,18+,19-,20+/m0/s1. The maximum Gasteiger partial charge on any atom is 0.0718 e. The van der Waals surface area contributed by atoms with Gasteiger partial charge in [-0.15, -0.1) is 0 Å². The average molecular weight is 322 g/mol. The summed E-state index contributed by atoms with van der Waals surface area (Å²) in [7, 11) is 4.27. The van der Waals surface area contributed by atoms with Crippen molar-refractivity contribution in [1.29, 1.82) is 0 Å². The van der Waals surface area contributed by atoms with Crippen molar-refractivity contribution in [3.8, 4) is 0 Å². The minimum Gasteiger partial charge on any atom is -0.392 e. The van der Waals surface area contributed by atoms with Crippen LogP contribution in [0.15, 0.2) is 23.8 Å². The maximum atomic E-state index is 10.3. The normalized spacial score (nSPS) is 31.8. The SMILES string of the molecule is CC[C@@H](O)C=C[C@@H]1[C@H]2CC(CCCCCN(C)C)=C[C@H]2C[C@H]1O. The largest absolute Gasteiger partial charge is 0.392 e. The van der Waals surface area contributed by atoms with E-state index in [2.05, 4.69) is 31.1 Å². The van der Waals surface area contributed by atoms with E-state index in [1.165, 1.54) is 32.2 Å². The van der Waals surface area contributed by atoms with Crippen LogP contribution in [0.3, 0.4) is 0 Å². The van der Waals surface area contributed by atoms with Gasteiger partial charge >= 0.3 is 0 Å².